The van der Waals surface area contributed by atoms with Crippen LogP contribution in [0.15, 0.2) is 72.3 Å². The van der Waals surface area contributed by atoms with Gasteiger partial charge in [0.1, 0.15) is 4.90 Å². The molecule has 2 aromatic heterocycles. The second kappa shape index (κ2) is 12.2. The number of hydrogen-bond acceptors (Lipinski definition) is 7. The monoisotopic (exact) mass is 468 g/mol. The van der Waals surface area contributed by atoms with Gasteiger partial charge in [-0.05, 0) is 30.5 Å². The minimum absolute atomic E-state index is 0.173. The number of nitrogens with zero attached hydrogens (tertiary/aromatic N) is 4. The zero-order valence-electron chi connectivity index (χ0n) is 18.6. The van der Waals surface area contributed by atoms with E-state index in [0.29, 0.717) is 19.4 Å². The molecule has 2 heterocycles. The van der Waals surface area contributed by atoms with Crippen LogP contribution in [0.2, 0.25) is 0 Å². The largest absolute Gasteiger partial charge is 0.469 e. The molecule has 3 rings (SSSR count). The maximum atomic E-state index is 13.3. The molecule has 0 atom stereocenters. The summed E-state index contributed by atoms with van der Waals surface area (Å²) in [7, 11) is -2.32. The van der Waals surface area contributed by atoms with Gasteiger partial charge in [0.15, 0.2) is 0 Å². The molecule has 0 radical (unpaired) electrons. The van der Waals surface area contributed by atoms with Crippen molar-refractivity contribution in [2.24, 2.45) is 0 Å². The molecule has 0 amide bonds. The number of unbranched alkanes of at least 4 members (excludes halogenated alkanes) is 3. The van der Waals surface area contributed by atoms with E-state index >= 15 is 0 Å². The third kappa shape index (κ3) is 7.16. The van der Waals surface area contributed by atoms with Gasteiger partial charge in [-0.15, -0.1) is 0 Å². The number of benzene rings is 1. The Morgan fingerprint density at radius 2 is 1.70 bits per heavy atom. The molecule has 0 unspecified atom stereocenters. The number of ether oxygens (including phenoxy) is 1. The third-order valence-corrected chi connectivity index (χ3v) is 7.04. The minimum Gasteiger partial charge on any atom is -0.469 e. The summed E-state index contributed by atoms with van der Waals surface area (Å²) in [5, 5.41) is 0. The number of aromatic nitrogens is 3. The smallest absolute Gasteiger partial charge is 0.305 e. The molecular weight excluding hydrogens is 440 g/mol. The summed E-state index contributed by atoms with van der Waals surface area (Å²) >= 11 is 0. The van der Waals surface area contributed by atoms with Crippen LogP contribution in [-0.2, 0) is 26.1 Å². The Labute approximate surface area is 194 Å². The first-order valence-electron chi connectivity index (χ1n) is 10.8. The molecule has 0 saturated carbocycles. The van der Waals surface area contributed by atoms with Gasteiger partial charge in [-0.2, -0.15) is 4.31 Å². The highest BCUT2D eigenvalue weighted by atomic mass is 32.2. The molecule has 0 N–H and O–H groups in total. The lowest BCUT2D eigenvalue weighted by molar-refractivity contribution is -0.140. The molecule has 0 aliphatic rings. The standard InChI is InChI=1S/C24H28N4O4S/c1-32-24(29)8-4-2-3-5-16-28(33(30,31)22-7-6-13-25-17-22)19-20-9-11-21(12-10-20)23-18-26-14-15-27-23/h6-7,9-15,17-18H,2-5,8,16,19H2,1H3. The number of hydrogen-bond donors (Lipinski definition) is 0. The minimum atomic E-state index is -3.70. The van der Waals surface area contributed by atoms with Crippen LogP contribution in [0.5, 0.6) is 0 Å². The molecule has 0 saturated heterocycles. The van der Waals surface area contributed by atoms with E-state index in [0.717, 1.165) is 36.1 Å². The number of esters is 1. The fourth-order valence-corrected chi connectivity index (χ4v) is 4.81. The number of methoxy groups -OCH3 is 1. The second-order valence-electron chi connectivity index (χ2n) is 7.56. The Hall–Kier alpha value is -3.17. The van der Waals surface area contributed by atoms with Gasteiger partial charge in [-0.25, -0.2) is 8.42 Å². The Balaban J connectivity index is 1.68. The van der Waals surface area contributed by atoms with Crippen LogP contribution < -0.4 is 0 Å². The molecule has 9 heteroatoms. The summed E-state index contributed by atoms with van der Waals surface area (Å²) in [6, 6.07) is 10.8. The molecule has 0 bridgehead atoms. The summed E-state index contributed by atoms with van der Waals surface area (Å²) in [6.45, 7) is 0.626. The average Bonchev–Trinajstić information content (AvgIpc) is 2.86. The Morgan fingerprint density at radius 1 is 0.939 bits per heavy atom. The quantitative estimate of drug-likeness (QED) is 0.294. The molecule has 174 valence electrons. The van der Waals surface area contributed by atoms with Gasteiger partial charge in [-0.1, -0.05) is 37.1 Å². The molecule has 0 fully saturated rings. The van der Waals surface area contributed by atoms with Crippen molar-refractivity contribution in [2.75, 3.05) is 13.7 Å². The van der Waals surface area contributed by atoms with E-state index in [-0.39, 0.29) is 17.4 Å². The van der Waals surface area contributed by atoms with Crippen LogP contribution in [0.1, 0.15) is 37.7 Å². The Kier molecular flexibility index (Phi) is 9.03. The van der Waals surface area contributed by atoms with Gasteiger partial charge in [0.25, 0.3) is 0 Å². The van der Waals surface area contributed by atoms with E-state index in [1.165, 1.54) is 17.6 Å². The lowest BCUT2D eigenvalue weighted by atomic mass is 10.1. The zero-order chi connectivity index (χ0) is 23.5. The van der Waals surface area contributed by atoms with Crippen molar-refractivity contribution in [3.8, 4) is 11.3 Å². The van der Waals surface area contributed by atoms with Gasteiger partial charge in [-0.3, -0.25) is 19.7 Å². The lowest BCUT2D eigenvalue weighted by Crippen LogP contribution is -2.31. The number of pyridine rings is 1. The highest BCUT2D eigenvalue weighted by molar-refractivity contribution is 7.89. The van der Waals surface area contributed by atoms with Crippen LogP contribution >= 0.6 is 0 Å². The molecule has 33 heavy (non-hydrogen) atoms. The molecule has 1 aromatic carbocycles. The van der Waals surface area contributed by atoms with Crippen molar-refractivity contribution in [2.45, 2.75) is 43.5 Å². The topological polar surface area (TPSA) is 102 Å². The summed E-state index contributed by atoms with van der Waals surface area (Å²) < 4.78 is 32.7. The Bertz CT molecular complexity index is 1110. The first-order chi connectivity index (χ1) is 16.0. The molecule has 0 aliphatic carbocycles. The fourth-order valence-electron chi connectivity index (χ4n) is 3.38. The molecule has 3 aromatic rings. The molecule has 0 spiro atoms. The van der Waals surface area contributed by atoms with E-state index in [1.54, 1.807) is 36.9 Å². The summed E-state index contributed by atoms with van der Waals surface area (Å²) in [4.78, 5) is 23.8. The van der Waals surface area contributed by atoms with E-state index in [4.69, 9.17) is 0 Å². The molecular formula is C24H28N4O4S. The van der Waals surface area contributed by atoms with Crippen molar-refractivity contribution in [3.05, 3.63) is 72.9 Å². The average molecular weight is 469 g/mol. The number of carbonyl (C=O) groups excluding carboxylic acids is 1. The van der Waals surface area contributed by atoms with Gasteiger partial charge in [0.05, 0.1) is 19.0 Å². The summed E-state index contributed by atoms with van der Waals surface area (Å²) in [5.74, 6) is -0.222. The van der Waals surface area contributed by atoms with E-state index in [9.17, 15) is 13.2 Å². The molecule has 0 aliphatic heterocycles. The summed E-state index contributed by atoms with van der Waals surface area (Å²) in [5.41, 5.74) is 2.55. The number of rotatable bonds is 12. The Morgan fingerprint density at radius 3 is 2.36 bits per heavy atom. The maximum Gasteiger partial charge on any atom is 0.305 e. The maximum absolute atomic E-state index is 13.3. The highest BCUT2D eigenvalue weighted by Gasteiger charge is 2.24. The van der Waals surface area contributed by atoms with Crippen LogP contribution in [-0.4, -0.2) is 47.3 Å². The van der Waals surface area contributed by atoms with Crippen LogP contribution in [0.3, 0.4) is 0 Å². The van der Waals surface area contributed by atoms with Crippen molar-refractivity contribution in [1.29, 1.82) is 0 Å². The molecule has 8 nitrogen and oxygen atoms in total. The van der Waals surface area contributed by atoms with E-state index in [1.807, 2.05) is 24.3 Å². The highest BCUT2D eigenvalue weighted by Crippen LogP contribution is 2.21. The number of sulfonamides is 1. The second-order valence-corrected chi connectivity index (χ2v) is 9.49. The van der Waals surface area contributed by atoms with Crippen LogP contribution in [0.25, 0.3) is 11.3 Å². The predicted molar refractivity (Wildman–Crippen MR) is 124 cm³/mol. The zero-order valence-corrected chi connectivity index (χ0v) is 19.4. The lowest BCUT2D eigenvalue weighted by Gasteiger charge is -2.22. The van der Waals surface area contributed by atoms with Crippen molar-refractivity contribution >= 4 is 16.0 Å². The van der Waals surface area contributed by atoms with Crippen LogP contribution in [0, 0.1) is 0 Å². The third-order valence-electron chi connectivity index (χ3n) is 5.21. The first-order valence-corrected chi connectivity index (χ1v) is 12.3. The van der Waals surface area contributed by atoms with Gasteiger partial charge >= 0.3 is 5.97 Å². The van der Waals surface area contributed by atoms with E-state index in [2.05, 4.69) is 19.7 Å². The SMILES string of the molecule is COC(=O)CCCCCCN(Cc1ccc(-c2cnccn2)cc1)S(=O)(=O)c1cccnc1. The van der Waals surface area contributed by atoms with Crippen molar-refractivity contribution in [3.63, 3.8) is 0 Å². The first kappa shape index (κ1) is 24.5. The normalized spacial score (nSPS) is 11.5. The van der Waals surface area contributed by atoms with Crippen molar-refractivity contribution < 1.29 is 17.9 Å². The number of carbonyl (C=O) groups is 1. The van der Waals surface area contributed by atoms with Crippen LogP contribution in [0.4, 0.5) is 0 Å². The van der Waals surface area contributed by atoms with Crippen molar-refractivity contribution in [1.82, 2.24) is 19.3 Å². The summed E-state index contributed by atoms with van der Waals surface area (Å²) in [6.07, 6.45) is 11.3. The van der Waals surface area contributed by atoms with E-state index < -0.39 is 10.0 Å². The predicted octanol–water partition coefficient (Wildman–Crippen LogP) is 3.85. The van der Waals surface area contributed by atoms with Gasteiger partial charge in [0, 0.05) is 49.9 Å². The fraction of sp³-hybridized carbons (Fsp3) is 0.333. The van der Waals surface area contributed by atoms with Gasteiger partial charge < -0.3 is 4.74 Å². The van der Waals surface area contributed by atoms with Gasteiger partial charge in [0.2, 0.25) is 10.0 Å².